The molecule has 0 atom stereocenters. The van der Waals surface area contributed by atoms with Crippen molar-refractivity contribution in [2.75, 3.05) is 6.61 Å². The minimum atomic E-state index is -0.142. The van der Waals surface area contributed by atoms with Gasteiger partial charge < -0.3 is 4.74 Å². The van der Waals surface area contributed by atoms with Crippen molar-refractivity contribution >= 4 is 5.97 Å². The third-order valence-electron chi connectivity index (χ3n) is 2.67. The van der Waals surface area contributed by atoms with Crippen LogP contribution in [-0.2, 0) is 9.53 Å². The predicted octanol–water partition coefficient (Wildman–Crippen LogP) is 2.30. The number of carbonyl (C=O) groups excluding carboxylic acids is 1. The van der Waals surface area contributed by atoms with Gasteiger partial charge in [0.2, 0.25) is 0 Å². The molecule has 13 heavy (non-hydrogen) atoms. The Morgan fingerprint density at radius 3 is 2.23 bits per heavy atom. The Morgan fingerprint density at radius 2 is 1.85 bits per heavy atom. The Kier molecular flexibility index (Phi) is 2.38. The van der Waals surface area contributed by atoms with Gasteiger partial charge in [-0.2, -0.15) is 0 Å². The van der Waals surface area contributed by atoms with E-state index in [9.17, 15) is 4.79 Å². The van der Waals surface area contributed by atoms with Crippen molar-refractivity contribution in [3.63, 3.8) is 0 Å². The third-order valence-corrected chi connectivity index (χ3v) is 2.67. The van der Waals surface area contributed by atoms with Crippen LogP contribution in [0.1, 0.15) is 32.6 Å². The van der Waals surface area contributed by atoms with Gasteiger partial charge in [0, 0.05) is 6.08 Å². The van der Waals surface area contributed by atoms with E-state index >= 15 is 0 Å². The van der Waals surface area contributed by atoms with Crippen molar-refractivity contribution in [3.05, 3.63) is 11.6 Å². The molecule has 2 saturated carbocycles. The molecule has 0 aromatic heterocycles. The second kappa shape index (κ2) is 3.52. The summed E-state index contributed by atoms with van der Waals surface area (Å²) in [6.45, 7) is 2.33. The van der Waals surface area contributed by atoms with Gasteiger partial charge in [0.25, 0.3) is 0 Å². The molecule has 2 rings (SSSR count). The molecule has 0 radical (unpaired) electrons. The zero-order valence-corrected chi connectivity index (χ0v) is 8.08. The lowest BCUT2D eigenvalue weighted by Crippen LogP contribution is -2.02. The number of hydrogen-bond donors (Lipinski definition) is 0. The largest absolute Gasteiger partial charge is 0.463 e. The molecule has 2 heteroatoms. The van der Waals surface area contributed by atoms with E-state index in [1.807, 2.05) is 6.92 Å². The van der Waals surface area contributed by atoms with Gasteiger partial charge in [-0.25, -0.2) is 4.79 Å². The van der Waals surface area contributed by atoms with E-state index in [0.29, 0.717) is 6.61 Å². The van der Waals surface area contributed by atoms with Crippen LogP contribution in [0.15, 0.2) is 11.6 Å². The molecule has 0 aromatic carbocycles. The van der Waals surface area contributed by atoms with Crippen LogP contribution in [-0.4, -0.2) is 12.6 Å². The van der Waals surface area contributed by atoms with E-state index in [1.54, 1.807) is 6.08 Å². The Labute approximate surface area is 79.0 Å². The first-order valence-corrected chi connectivity index (χ1v) is 5.19. The van der Waals surface area contributed by atoms with Crippen LogP contribution in [0.25, 0.3) is 0 Å². The van der Waals surface area contributed by atoms with Crippen LogP contribution in [0.2, 0.25) is 0 Å². The van der Waals surface area contributed by atoms with Gasteiger partial charge >= 0.3 is 5.97 Å². The van der Waals surface area contributed by atoms with Gasteiger partial charge in [-0.15, -0.1) is 0 Å². The maximum atomic E-state index is 11.2. The van der Waals surface area contributed by atoms with E-state index in [0.717, 1.165) is 11.8 Å². The van der Waals surface area contributed by atoms with Crippen LogP contribution in [0, 0.1) is 11.8 Å². The summed E-state index contributed by atoms with van der Waals surface area (Å²) in [6, 6.07) is 0. The Morgan fingerprint density at radius 1 is 1.31 bits per heavy atom. The molecule has 2 aliphatic carbocycles. The molecule has 0 amide bonds. The lowest BCUT2D eigenvalue weighted by molar-refractivity contribution is -0.137. The number of rotatable bonds is 4. The van der Waals surface area contributed by atoms with E-state index in [2.05, 4.69) is 0 Å². The highest BCUT2D eigenvalue weighted by Gasteiger charge is 2.36. The molecule has 0 N–H and O–H groups in total. The second-order valence-corrected chi connectivity index (χ2v) is 3.94. The highest BCUT2D eigenvalue weighted by Crippen LogP contribution is 2.48. The SMILES string of the molecule is CCOC(=O)C=C(C1CC1)C1CC1. The van der Waals surface area contributed by atoms with Crippen LogP contribution in [0.5, 0.6) is 0 Å². The predicted molar refractivity (Wildman–Crippen MR) is 50.2 cm³/mol. The molecule has 0 unspecified atom stereocenters. The summed E-state index contributed by atoms with van der Waals surface area (Å²) in [7, 11) is 0. The lowest BCUT2D eigenvalue weighted by atomic mass is 10.1. The standard InChI is InChI=1S/C11H16O2/c1-2-13-11(12)7-10(8-3-4-8)9-5-6-9/h7-9H,2-6H2,1H3. The lowest BCUT2D eigenvalue weighted by Gasteiger charge is -2.02. The van der Waals surface area contributed by atoms with Crippen molar-refractivity contribution in [1.29, 1.82) is 0 Å². The monoisotopic (exact) mass is 180 g/mol. The maximum Gasteiger partial charge on any atom is 0.330 e. The Bertz CT molecular complexity index is 220. The third kappa shape index (κ3) is 2.33. The summed E-state index contributed by atoms with van der Waals surface area (Å²) in [5.41, 5.74) is 1.37. The van der Waals surface area contributed by atoms with E-state index in [1.165, 1.54) is 31.3 Å². The molecular weight excluding hydrogens is 164 g/mol. The van der Waals surface area contributed by atoms with E-state index in [4.69, 9.17) is 4.74 Å². The number of ether oxygens (including phenoxy) is 1. The Balaban J connectivity index is 1.96. The number of esters is 1. The minimum absolute atomic E-state index is 0.142. The van der Waals surface area contributed by atoms with Crippen LogP contribution >= 0.6 is 0 Å². The zero-order valence-electron chi connectivity index (χ0n) is 8.08. The summed E-state index contributed by atoms with van der Waals surface area (Å²) < 4.78 is 4.91. The molecule has 0 aliphatic heterocycles. The number of allylic oxidation sites excluding steroid dienone is 1. The number of carbonyl (C=O) groups is 1. The van der Waals surface area contributed by atoms with Gasteiger partial charge in [-0.05, 0) is 44.4 Å². The first-order valence-electron chi connectivity index (χ1n) is 5.19. The number of hydrogen-bond acceptors (Lipinski definition) is 2. The van der Waals surface area contributed by atoms with Crippen molar-refractivity contribution in [2.24, 2.45) is 11.8 Å². The van der Waals surface area contributed by atoms with Gasteiger partial charge in [-0.1, -0.05) is 5.57 Å². The van der Waals surface area contributed by atoms with Crippen LogP contribution in [0.3, 0.4) is 0 Å². The Hall–Kier alpha value is -0.790. The fourth-order valence-corrected chi connectivity index (χ4v) is 1.72. The quantitative estimate of drug-likeness (QED) is 0.490. The molecule has 0 saturated heterocycles. The van der Waals surface area contributed by atoms with E-state index in [-0.39, 0.29) is 5.97 Å². The van der Waals surface area contributed by atoms with Crippen LogP contribution in [0.4, 0.5) is 0 Å². The smallest absolute Gasteiger partial charge is 0.330 e. The second-order valence-electron chi connectivity index (χ2n) is 3.94. The van der Waals surface area contributed by atoms with Crippen molar-refractivity contribution in [1.82, 2.24) is 0 Å². The zero-order chi connectivity index (χ0) is 9.26. The molecule has 0 bridgehead atoms. The summed E-state index contributed by atoms with van der Waals surface area (Å²) in [4.78, 5) is 11.2. The first-order chi connectivity index (χ1) is 6.31. The average molecular weight is 180 g/mol. The summed E-state index contributed by atoms with van der Waals surface area (Å²) in [5.74, 6) is 1.30. The van der Waals surface area contributed by atoms with Gasteiger partial charge in [0.15, 0.2) is 0 Å². The summed E-state index contributed by atoms with van der Waals surface area (Å²) in [6.07, 6.45) is 6.87. The molecular formula is C11H16O2. The van der Waals surface area contributed by atoms with E-state index < -0.39 is 0 Å². The summed E-state index contributed by atoms with van der Waals surface area (Å²) in [5, 5.41) is 0. The molecule has 0 aromatic rings. The van der Waals surface area contributed by atoms with Gasteiger partial charge in [0.1, 0.15) is 0 Å². The highest BCUT2D eigenvalue weighted by molar-refractivity contribution is 5.83. The minimum Gasteiger partial charge on any atom is -0.463 e. The normalized spacial score (nSPS) is 21.0. The highest BCUT2D eigenvalue weighted by atomic mass is 16.5. The maximum absolute atomic E-state index is 11.2. The molecule has 2 nitrogen and oxygen atoms in total. The average Bonchev–Trinajstić information content (AvgIpc) is 2.95. The molecule has 0 heterocycles. The van der Waals surface area contributed by atoms with Crippen molar-refractivity contribution < 1.29 is 9.53 Å². The van der Waals surface area contributed by atoms with Crippen molar-refractivity contribution in [2.45, 2.75) is 32.6 Å². The fraction of sp³-hybridized carbons (Fsp3) is 0.727. The fourth-order valence-electron chi connectivity index (χ4n) is 1.72. The molecule has 0 spiro atoms. The van der Waals surface area contributed by atoms with Gasteiger partial charge in [0.05, 0.1) is 6.61 Å². The molecule has 2 aliphatic rings. The first kappa shape index (κ1) is 8.79. The van der Waals surface area contributed by atoms with Gasteiger partial charge in [-0.3, -0.25) is 0 Å². The molecule has 2 fully saturated rings. The van der Waals surface area contributed by atoms with Crippen molar-refractivity contribution in [3.8, 4) is 0 Å². The van der Waals surface area contributed by atoms with Crippen LogP contribution < -0.4 is 0 Å². The topological polar surface area (TPSA) is 26.3 Å². The summed E-state index contributed by atoms with van der Waals surface area (Å²) >= 11 is 0. The molecule has 72 valence electrons.